The van der Waals surface area contributed by atoms with Gasteiger partial charge in [0.1, 0.15) is 18.7 Å². The van der Waals surface area contributed by atoms with Gasteiger partial charge in [-0.1, -0.05) is 20.8 Å². The van der Waals surface area contributed by atoms with Crippen molar-refractivity contribution in [2.75, 3.05) is 38.2 Å². The molecule has 1 fully saturated rings. The van der Waals surface area contributed by atoms with Gasteiger partial charge in [0, 0.05) is 23.3 Å². The number of hydrogen-bond acceptors (Lipinski definition) is 8. The molecule has 0 spiro atoms. The van der Waals surface area contributed by atoms with E-state index in [4.69, 9.17) is 14.5 Å². The Morgan fingerprint density at radius 1 is 1.02 bits per heavy atom. The third-order valence-electron chi connectivity index (χ3n) is 7.06. The number of methoxy groups -OCH3 is 2. The van der Waals surface area contributed by atoms with Crippen LogP contribution in [-0.2, 0) is 9.98 Å². The van der Waals surface area contributed by atoms with Crippen LogP contribution in [0.2, 0.25) is 0 Å². The number of benzene rings is 2. The molecule has 2 N–H and O–H groups in total. The first kappa shape index (κ1) is 29.1. The SMILES string of the molecule is COc1cnn(-c2ccc(Nc3nc(Nc4cc(OC)c(C(C)(C)C)cc4C4CC4)ncc3Br)c(P(C)(C)=O)c2)c1. The van der Waals surface area contributed by atoms with Crippen molar-refractivity contribution in [3.63, 3.8) is 0 Å². The molecule has 0 amide bonds. The first-order valence-electron chi connectivity index (χ1n) is 13.4. The molecule has 2 aromatic heterocycles. The zero-order chi connectivity index (χ0) is 29.5. The van der Waals surface area contributed by atoms with Crippen LogP contribution < -0.4 is 25.4 Å². The van der Waals surface area contributed by atoms with Crippen LogP contribution in [-0.4, -0.2) is 47.3 Å². The van der Waals surface area contributed by atoms with Crippen LogP contribution in [0.3, 0.4) is 0 Å². The highest BCUT2D eigenvalue weighted by Crippen LogP contribution is 2.48. The Labute approximate surface area is 249 Å². The zero-order valence-corrected chi connectivity index (χ0v) is 26.9. The molecule has 2 aromatic carbocycles. The number of ether oxygens (including phenoxy) is 2. The summed E-state index contributed by atoms with van der Waals surface area (Å²) in [5, 5.41) is 11.9. The van der Waals surface area contributed by atoms with Crippen LogP contribution in [0.1, 0.15) is 50.7 Å². The molecule has 0 radical (unpaired) electrons. The fourth-order valence-electron chi connectivity index (χ4n) is 4.72. The lowest BCUT2D eigenvalue weighted by Crippen LogP contribution is -2.14. The largest absolute Gasteiger partial charge is 0.496 e. The van der Waals surface area contributed by atoms with Crippen molar-refractivity contribution in [1.82, 2.24) is 19.7 Å². The highest BCUT2D eigenvalue weighted by Gasteiger charge is 2.30. The van der Waals surface area contributed by atoms with Gasteiger partial charge in [-0.05, 0) is 88.8 Å². The van der Waals surface area contributed by atoms with Gasteiger partial charge in [0.2, 0.25) is 5.95 Å². The van der Waals surface area contributed by atoms with Gasteiger partial charge in [0.05, 0.1) is 42.5 Å². The normalized spacial score (nSPS) is 13.7. The molecular weight excluding hydrogens is 603 g/mol. The minimum absolute atomic E-state index is 0.0482. The maximum atomic E-state index is 13.4. The van der Waals surface area contributed by atoms with E-state index < -0.39 is 7.14 Å². The molecule has 1 saturated carbocycles. The molecule has 0 bridgehead atoms. The van der Waals surface area contributed by atoms with Gasteiger partial charge in [-0.15, -0.1) is 0 Å². The molecule has 0 aliphatic heterocycles. The summed E-state index contributed by atoms with van der Waals surface area (Å²) < 4.78 is 26.8. The molecule has 216 valence electrons. The minimum Gasteiger partial charge on any atom is -0.496 e. The monoisotopic (exact) mass is 638 g/mol. The summed E-state index contributed by atoms with van der Waals surface area (Å²) in [5.41, 5.74) is 4.80. The molecule has 0 saturated heterocycles. The average Bonchev–Trinajstić information content (AvgIpc) is 3.65. The Balaban J connectivity index is 1.48. The predicted molar refractivity (Wildman–Crippen MR) is 169 cm³/mol. The molecule has 41 heavy (non-hydrogen) atoms. The first-order chi connectivity index (χ1) is 19.4. The number of nitrogens with zero attached hydrogens (tertiary/aromatic N) is 4. The second kappa shape index (κ2) is 11.1. The summed E-state index contributed by atoms with van der Waals surface area (Å²) >= 11 is 3.58. The molecular formula is C30H36BrN6O3P. The molecule has 9 nitrogen and oxygen atoms in total. The molecule has 0 unspecified atom stereocenters. The van der Waals surface area contributed by atoms with E-state index in [9.17, 15) is 4.57 Å². The van der Waals surface area contributed by atoms with Crippen molar-refractivity contribution in [1.29, 1.82) is 0 Å². The fourth-order valence-corrected chi connectivity index (χ4v) is 6.17. The fraction of sp³-hybridized carbons (Fsp3) is 0.367. The van der Waals surface area contributed by atoms with Crippen molar-refractivity contribution >= 4 is 51.5 Å². The highest BCUT2D eigenvalue weighted by molar-refractivity contribution is 9.10. The van der Waals surface area contributed by atoms with Gasteiger partial charge in [-0.3, -0.25) is 0 Å². The standard InChI is InChI=1S/C30H36BrN6O3P/c1-30(2,3)22-13-21(18-8-9-18)25(14-26(22)40-5)35-29-32-16-23(31)28(36-29)34-24-11-10-19(12-27(24)41(6,7)38)37-17-20(39-4)15-33-37/h10-18H,8-9H2,1-7H3,(H2,32,34,35,36). The quantitative estimate of drug-likeness (QED) is 0.183. The maximum Gasteiger partial charge on any atom is 0.229 e. The summed E-state index contributed by atoms with van der Waals surface area (Å²) in [6, 6.07) is 10.0. The van der Waals surface area contributed by atoms with Crippen molar-refractivity contribution in [3.8, 4) is 17.2 Å². The molecule has 11 heteroatoms. The Hall–Kier alpha value is -3.36. The summed E-state index contributed by atoms with van der Waals surface area (Å²) in [4.78, 5) is 9.31. The smallest absolute Gasteiger partial charge is 0.229 e. The van der Waals surface area contributed by atoms with Gasteiger partial charge in [-0.25, -0.2) is 9.67 Å². The van der Waals surface area contributed by atoms with E-state index in [1.807, 2.05) is 18.2 Å². The first-order valence-corrected chi connectivity index (χ1v) is 16.8. The second-order valence-electron chi connectivity index (χ2n) is 11.7. The van der Waals surface area contributed by atoms with Crippen LogP contribution >= 0.6 is 23.1 Å². The van der Waals surface area contributed by atoms with Crippen molar-refractivity contribution in [3.05, 3.63) is 64.5 Å². The van der Waals surface area contributed by atoms with Crippen LogP contribution in [0.15, 0.2) is 53.4 Å². The van der Waals surface area contributed by atoms with Crippen molar-refractivity contribution in [2.24, 2.45) is 0 Å². The topological polar surface area (TPSA) is 103 Å². The molecule has 2 heterocycles. The maximum absolute atomic E-state index is 13.4. The highest BCUT2D eigenvalue weighted by atomic mass is 79.9. The molecule has 1 aliphatic carbocycles. The summed E-state index contributed by atoms with van der Waals surface area (Å²) in [5.74, 6) is 2.99. The third-order valence-corrected chi connectivity index (χ3v) is 9.17. The second-order valence-corrected chi connectivity index (χ2v) is 15.7. The van der Waals surface area contributed by atoms with E-state index in [2.05, 4.69) is 69.6 Å². The van der Waals surface area contributed by atoms with Crippen LogP contribution in [0.5, 0.6) is 11.5 Å². The van der Waals surface area contributed by atoms with E-state index in [0.29, 0.717) is 38.9 Å². The Morgan fingerprint density at radius 3 is 2.39 bits per heavy atom. The van der Waals surface area contributed by atoms with Crippen molar-refractivity contribution in [2.45, 2.75) is 44.9 Å². The van der Waals surface area contributed by atoms with E-state index in [0.717, 1.165) is 30.0 Å². The number of hydrogen-bond donors (Lipinski definition) is 2. The zero-order valence-electron chi connectivity index (χ0n) is 24.4. The lowest BCUT2D eigenvalue weighted by atomic mass is 9.84. The predicted octanol–water partition coefficient (Wildman–Crippen LogP) is 7.35. The Bertz CT molecular complexity index is 1640. The summed E-state index contributed by atoms with van der Waals surface area (Å²) in [7, 11) is 0.616. The Morgan fingerprint density at radius 2 is 1.78 bits per heavy atom. The van der Waals surface area contributed by atoms with Crippen LogP contribution in [0.25, 0.3) is 5.69 Å². The number of halogens is 1. The Kier molecular flexibility index (Phi) is 7.92. The molecule has 0 atom stereocenters. The van der Waals surface area contributed by atoms with E-state index >= 15 is 0 Å². The number of nitrogens with one attached hydrogen (secondary N) is 2. The third kappa shape index (κ3) is 6.44. The molecule has 5 rings (SSSR count). The van der Waals surface area contributed by atoms with E-state index in [1.165, 1.54) is 11.1 Å². The number of anilines is 4. The van der Waals surface area contributed by atoms with Gasteiger partial charge >= 0.3 is 0 Å². The molecule has 1 aliphatic rings. The van der Waals surface area contributed by atoms with Crippen molar-refractivity contribution < 1.29 is 14.0 Å². The number of aromatic nitrogens is 4. The van der Waals surface area contributed by atoms with Crippen LogP contribution in [0, 0.1) is 0 Å². The lowest BCUT2D eigenvalue weighted by molar-refractivity contribution is 0.397. The van der Waals surface area contributed by atoms with E-state index in [-0.39, 0.29) is 5.41 Å². The minimum atomic E-state index is -2.68. The summed E-state index contributed by atoms with van der Waals surface area (Å²) in [6.45, 7) is 10.1. The lowest BCUT2D eigenvalue weighted by Gasteiger charge is -2.25. The van der Waals surface area contributed by atoms with Gasteiger partial charge in [-0.2, -0.15) is 10.1 Å². The van der Waals surface area contributed by atoms with Gasteiger partial charge in [0.25, 0.3) is 0 Å². The molecule has 4 aromatic rings. The van der Waals surface area contributed by atoms with Crippen LogP contribution in [0.4, 0.5) is 23.1 Å². The van der Waals surface area contributed by atoms with Gasteiger partial charge in [0.15, 0.2) is 5.75 Å². The van der Waals surface area contributed by atoms with E-state index in [1.54, 1.807) is 50.8 Å². The summed E-state index contributed by atoms with van der Waals surface area (Å²) in [6.07, 6.45) is 7.45. The average molecular weight is 640 g/mol. The van der Waals surface area contributed by atoms with Gasteiger partial charge < -0.3 is 24.7 Å². The number of rotatable bonds is 9.